The van der Waals surface area contributed by atoms with E-state index in [4.69, 9.17) is 5.73 Å². The number of piperidine rings is 1. The first-order valence-corrected chi connectivity index (χ1v) is 7.16. The van der Waals surface area contributed by atoms with Crippen LogP contribution in [-0.2, 0) is 4.79 Å². The van der Waals surface area contributed by atoms with Gasteiger partial charge in [-0.3, -0.25) is 9.59 Å². The van der Waals surface area contributed by atoms with E-state index in [1.807, 2.05) is 0 Å². The lowest BCUT2D eigenvalue weighted by Crippen LogP contribution is -2.28. The van der Waals surface area contributed by atoms with Crippen molar-refractivity contribution in [3.63, 3.8) is 0 Å². The van der Waals surface area contributed by atoms with Gasteiger partial charge in [0.2, 0.25) is 5.91 Å². The summed E-state index contributed by atoms with van der Waals surface area (Å²) in [7, 11) is 0. The largest absolute Gasteiger partial charge is 0.366 e. The van der Waals surface area contributed by atoms with Crippen LogP contribution in [0.1, 0.15) is 36.0 Å². The van der Waals surface area contributed by atoms with Gasteiger partial charge in [-0.25, -0.2) is 4.39 Å². The summed E-state index contributed by atoms with van der Waals surface area (Å²) in [5.41, 5.74) is 5.25. The minimum atomic E-state index is -0.849. The molecule has 0 bridgehead atoms. The van der Waals surface area contributed by atoms with Crippen molar-refractivity contribution in [1.29, 1.82) is 0 Å². The molecule has 4 N–H and O–H groups in total. The van der Waals surface area contributed by atoms with Crippen LogP contribution in [0.4, 0.5) is 10.1 Å². The van der Waals surface area contributed by atoms with Crippen molar-refractivity contribution in [3.8, 4) is 0 Å². The highest BCUT2D eigenvalue weighted by molar-refractivity contribution is 5.96. The molecule has 1 aromatic rings. The minimum Gasteiger partial charge on any atom is -0.366 e. The molecule has 6 heteroatoms. The Morgan fingerprint density at radius 2 is 2.05 bits per heavy atom. The maximum atomic E-state index is 13.3. The predicted octanol–water partition coefficient (Wildman–Crippen LogP) is 1.64. The van der Waals surface area contributed by atoms with E-state index in [1.54, 1.807) is 0 Å². The zero-order valence-electron chi connectivity index (χ0n) is 11.8. The average Bonchev–Trinajstić information content (AvgIpc) is 2.48. The Labute approximate surface area is 123 Å². The summed E-state index contributed by atoms with van der Waals surface area (Å²) in [6.45, 7) is 2.01. The van der Waals surface area contributed by atoms with Gasteiger partial charge in [-0.1, -0.05) is 0 Å². The molecule has 5 nitrogen and oxygen atoms in total. The van der Waals surface area contributed by atoms with Gasteiger partial charge in [0.15, 0.2) is 0 Å². The molecule has 0 aliphatic carbocycles. The number of carbonyl (C=O) groups is 2. The summed E-state index contributed by atoms with van der Waals surface area (Å²) in [5.74, 6) is -1.09. The molecule has 1 aliphatic heterocycles. The fourth-order valence-corrected chi connectivity index (χ4v) is 2.52. The number of anilines is 1. The fourth-order valence-electron chi connectivity index (χ4n) is 2.52. The Balaban J connectivity index is 1.87. The van der Waals surface area contributed by atoms with Crippen LogP contribution < -0.4 is 16.4 Å². The van der Waals surface area contributed by atoms with Gasteiger partial charge >= 0.3 is 0 Å². The SMILES string of the molecule is NC(=O)c1cc(NC(=O)CCC2CCNCC2)ccc1F. The van der Waals surface area contributed by atoms with Gasteiger partial charge in [-0.2, -0.15) is 0 Å². The van der Waals surface area contributed by atoms with E-state index < -0.39 is 11.7 Å². The van der Waals surface area contributed by atoms with Crippen molar-refractivity contribution in [2.24, 2.45) is 11.7 Å². The molecular formula is C15H20FN3O2. The number of rotatable bonds is 5. The molecule has 0 saturated carbocycles. The van der Waals surface area contributed by atoms with Crippen LogP contribution in [-0.4, -0.2) is 24.9 Å². The van der Waals surface area contributed by atoms with Gasteiger partial charge in [0.05, 0.1) is 5.56 Å². The Morgan fingerprint density at radius 1 is 1.33 bits per heavy atom. The van der Waals surface area contributed by atoms with Crippen LogP contribution in [0.25, 0.3) is 0 Å². The van der Waals surface area contributed by atoms with E-state index in [-0.39, 0.29) is 11.5 Å². The first-order valence-electron chi connectivity index (χ1n) is 7.16. The summed E-state index contributed by atoms with van der Waals surface area (Å²) < 4.78 is 13.3. The second-order valence-electron chi connectivity index (χ2n) is 5.34. The van der Waals surface area contributed by atoms with E-state index in [0.717, 1.165) is 38.4 Å². The van der Waals surface area contributed by atoms with Crippen LogP contribution in [0.3, 0.4) is 0 Å². The smallest absolute Gasteiger partial charge is 0.251 e. The van der Waals surface area contributed by atoms with Crippen molar-refractivity contribution < 1.29 is 14.0 Å². The van der Waals surface area contributed by atoms with Gasteiger partial charge in [0.1, 0.15) is 5.82 Å². The highest BCUT2D eigenvalue weighted by Crippen LogP contribution is 2.19. The number of hydrogen-bond acceptors (Lipinski definition) is 3. The summed E-state index contributed by atoms with van der Waals surface area (Å²) in [5, 5.41) is 5.96. The Kier molecular flexibility index (Phi) is 5.27. The van der Waals surface area contributed by atoms with Gasteiger partial charge in [-0.15, -0.1) is 0 Å². The molecule has 1 aromatic carbocycles. The topological polar surface area (TPSA) is 84.2 Å². The molecule has 1 fully saturated rings. The molecular weight excluding hydrogens is 273 g/mol. The second-order valence-corrected chi connectivity index (χ2v) is 5.34. The number of amides is 2. The highest BCUT2D eigenvalue weighted by atomic mass is 19.1. The number of halogens is 1. The van der Waals surface area contributed by atoms with Crippen molar-refractivity contribution in [3.05, 3.63) is 29.6 Å². The van der Waals surface area contributed by atoms with Gasteiger partial charge in [-0.05, 0) is 56.5 Å². The lowest BCUT2D eigenvalue weighted by Gasteiger charge is -2.22. The third-order valence-corrected chi connectivity index (χ3v) is 3.75. The fraction of sp³-hybridized carbons (Fsp3) is 0.467. The molecule has 0 radical (unpaired) electrons. The van der Waals surface area contributed by atoms with Crippen LogP contribution in [0.5, 0.6) is 0 Å². The van der Waals surface area contributed by atoms with Crippen molar-refractivity contribution in [2.75, 3.05) is 18.4 Å². The lowest BCUT2D eigenvalue weighted by atomic mass is 9.93. The number of benzene rings is 1. The van der Waals surface area contributed by atoms with Gasteiger partial charge in [0.25, 0.3) is 5.91 Å². The number of nitrogens with two attached hydrogens (primary N) is 1. The van der Waals surface area contributed by atoms with E-state index in [0.29, 0.717) is 18.0 Å². The first kappa shape index (κ1) is 15.4. The Morgan fingerprint density at radius 3 is 2.71 bits per heavy atom. The van der Waals surface area contributed by atoms with Crippen molar-refractivity contribution in [1.82, 2.24) is 5.32 Å². The number of primary amides is 1. The molecule has 1 aliphatic rings. The predicted molar refractivity (Wildman–Crippen MR) is 78.4 cm³/mol. The van der Waals surface area contributed by atoms with Crippen molar-refractivity contribution in [2.45, 2.75) is 25.7 Å². The normalized spacial score (nSPS) is 15.7. The lowest BCUT2D eigenvalue weighted by molar-refractivity contribution is -0.116. The van der Waals surface area contributed by atoms with E-state index >= 15 is 0 Å². The Bertz CT molecular complexity index is 528. The third-order valence-electron chi connectivity index (χ3n) is 3.75. The molecule has 1 heterocycles. The second kappa shape index (κ2) is 7.17. The van der Waals surface area contributed by atoms with E-state index in [1.165, 1.54) is 12.1 Å². The molecule has 2 rings (SSSR count). The van der Waals surface area contributed by atoms with Crippen LogP contribution in [0.15, 0.2) is 18.2 Å². The quantitative estimate of drug-likeness (QED) is 0.771. The van der Waals surface area contributed by atoms with Gasteiger partial charge < -0.3 is 16.4 Å². The summed E-state index contributed by atoms with van der Waals surface area (Å²) in [6.07, 6.45) is 3.45. The monoisotopic (exact) mass is 293 g/mol. The molecule has 0 unspecified atom stereocenters. The molecule has 0 atom stereocenters. The average molecular weight is 293 g/mol. The number of carbonyl (C=O) groups excluding carboxylic acids is 2. The minimum absolute atomic E-state index is 0.129. The van der Waals surface area contributed by atoms with Crippen LogP contribution >= 0.6 is 0 Å². The third kappa shape index (κ3) is 4.53. The maximum Gasteiger partial charge on any atom is 0.251 e. The number of nitrogens with one attached hydrogen (secondary N) is 2. The zero-order chi connectivity index (χ0) is 15.2. The maximum absolute atomic E-state index is 13.3. The highest BCUT2D eigenvalue weighted by Gasteiger charge is 2.15. The Hall–Kier alpha value is -1.95. The zero-order valence-corrected chi connectivity index (χ0v) is 11.8. The molecule has 21 heavy (non-hydrogen) atoms. The molecule has 2 amide bonds. The standard InChI is InChI=1S/C15H20FN3O2/c16-13-3-2-11(9-12(13)15(17)21)19-14(20)4-1-10-5-7-18-8-6-10/h2-3,9-10,18H,1,4-8H2,(H2,17,21)(H,19,20). The molecule has 0 spiro atoms. The molecule has 114 valence electrons. The summed E-state index contributed by atoms with van der Waals surface area (Å²) >= 11 is 0. The van der Waals surface area contributed by atoms with E-state index in [9.17, 15) is 14.0 Å². The van der Waals surface area contributed by atoms with Gasteiger partial charge in [0, 0.05) is 12.1 Å². The van der Waals surface area contributed by atoms with Crippen LogP contribution in [0.2, 0.25) is 0 Å². The van der Waals surface area contributed by atoms with Crippen molar-refractivity contribution >= 4 is 17.5 Å². The van der Waals surface area contributed by atoms with Crippen LogP contribution in [0, 0.1) is 11.7 Å². The number of hydrogen-bond donors (Lipinski definition) is 3. The summed E-state index contributed by atoms with van der Waals surface area (Å²) in [6, 6.07) is 3.81. The first-order chi connectivity index (χ1) is 10.1. The summed E-state index contributed by atoms with van der Waals surface area (Å²) in [4.78, 5) is 22.9. The molecule has 1 saturated heterocycles. The molecule has 0 aromatic heterocycles. The van der Waals surface area contributed by atoms with E-state index in [2.05, 4.69) is 10.6 Å².